The molecule has 4 rings (SSSR count). The molecule has 1 aliphatic heterocycles. The first-order valence-corrected chi connectivity index (χ1v) is 8.58. The van der Waals surface area contributed by atoms with Crippen molar-refractivity contribution in [2.24, 2.45) is 0 Å². The molecule has 0 aliphatic carbocycles. The molecule has 2 aromatic carbocycles. The van der Waals surface area contributed by atoms with Crippen LogP contribution in [-0.4, -0.2) is 22.6 Å². The maximum atomic E-state index is 13.5. The first kappa shape index (κ1) is 17.3. The summed E-state index contributed by atoms with van der Waals surface area (Å²) in [5.41, 5.74) is 3.31. The number of anilines is 1. The summed E-state index contributed by atoms with van der Waals surface area (Å²) in [7, 11) is 0. The van der Waals surface area contributed by atoms with Crippen LogP contribution in [0.25, 0.3) is 11.4 Å². The number of benzene rings is 2. The van der Waals surface area contributed by atoms with Crippen LogP contribution >= 0.6 is 0 Å². The zero-order valence-electron chi connectivity index (χ0n) is 14.9. The van der Waals surface area contributed by atoms with E-state index in [2.05, 4.69) is 10.1 Å². The van der Waals surface area contributed by atoms with Gasteiger partial charge in [-0.25, -0.2) is 8.78 Å². The van der Waals surface area contributed by atoms with Gasteiger partial charge in [0, 0.05) is 30.3 Å². The molecule has 3 aromatic rings. The second kappa shape index (κ2) is 6.57. The molecule has 1 unspecified atom stereocenters. The van der Waals surface area contributed by atoms with E-state index in [4.69, 9.17) is 4.52 Å². The van der Waals surface area contributed by atoms with E-state index in [0.29, 0.717) is 11.7 Å². The summed E-state index contributed by atoms with van der Waals surface area (Å²) >= 11 is 0. The number of aromatic nitrogens is 2. The Morgan fingerprint density at radius 3 is 2.52 bits per heavy atom. The summed E-state index contributed by atoms with van der Waals surface area (Å²) in [6.07, 6.45) is 0.146. The minimum atomic E-state index is -0.726. The van der Waals surface area contributed by atoms with E-state index < -0.39 is 11.6 Å². The molecule has 1 aliphatic rings. The minimum absolute atomic E-state index is 0.146. The summed E-state index contributed by atoms with van der Waals surface area (Å²) in [4.78, 5) is 18.1. The third kappa shape index (κ3) is 3.32. The van der Waals surface area contributed by atoms with Crippen LogP contribution in [-0.2, 0) is 4.79 Å². The third-order valence-electron chi connectivity index (χ3n) is 4.84. The van der Waals surface area contributed by atoms with Gasteiger partial charge in [-0.1, -0.05) is 17.3 Å². The van der Waals surface area contributed by atoms with E-state index in [1.165, 1.54) is 10.5 Å². The van der Waals surface area contributed by atoms with Crippen molar-refractivity contribution >= 4 is 11.6 Å². The van der Waals surface area contributed by atoms with Crippen molar-refractivity contribution in [3.05, 3.63) is 65.1 Å². The standard InChI is InChI=1S/C20H17F2N3O2/c1-11-3-4-13(5-12(11)2)19-23-20(27-24-19)14-6-18(26)25(10-14)17-8-15(21)7-16(22)9-17/h3-5,7-9,14H,6,10H2,1-2H3. The number of hydrogen-bond acceptors (Lipinski definition) is 4. The van der Waals surface area contributed by atoms with Gasteiger partial charge in [0.05, 0.1) is 5.92 Å². The SMILES string of the molecule is Cc1ccc(-c2noc(C3CC(=O)N(c4cc(F)cc(F)c4)C3)n2)cc1C. The van der Waals surface area contributed by atoms with Gasteiger partial charge in [-0.15, -0.1) is 0 Å². The lowest BCUT2D eigenvalue weighted by molar-refractivity contribution is -0.117. The van der Waals surface area contributed by atoms with Gasteiger partial charge < -0.3 is 9.42 Å². The summed E-state index contributed by atoms with van der Waals surface area (Å²) in [5.74, 6) is -1.22. The quantitative estimate of drug-likeness (QED) is 0.696. The fourth-order valence-corrected chi connectivity index (χ4v) is 3.22. The summed E-state index contributed by atoms with van der Waals surface area (Å²) in [6.45, 7) is 4.26. The Morgan fingerprint density at radius 1 is 1.07 bits per heavy atom. The third-order valence-corrected chi connectivity index (χ3v) is 4.84. The largest absolute Gasteiger partial charge is 0.339 e. The van der Waals surface area contributed by atoms with Crippen LogP contribution in [0.4, 0.5) is 14.5 Å². The normalized spacial score (nSPS) is 17.0. The highest BCUT2D eigenvalue weighted by molar-refractivity contribution is 5.96. The molecule has 7 heteroatoms. The molecule has 1 fully saturated rings. The molecule has 0 radical (unpaired) electrons. The molecule has 2 heterocycles. The van der Waals surface area contributed by atoms with Crippen molar-refractivity contribution in [3.63, 3.8) is 0 Å². The van der Waals surface area contributed by atoms with Gasteiger partial charge in [0.1, 0.15) is 11.6 Å². The predicted molar refractivity (Wildman–Crippen MR) is 95.3 cm³/mol. The molecule has 1 aromatic heterocycles. The number of carbonyl (C=O) groups is 1. The Morgan fingerprint density at radius 2 is 1.81 bits per heavy atom. The first-order chi connectivity index (χ1) is 12.9. The van der Waals surface area contributed by atoms with E-state index in [1.807, 2.05) is 32.0 Å². The molecule has 138 valence electrons. The highest BCUT2D eigenvalue weighted by Crippen LogP contribution is 2.32. The van der Waals surface area contributed by atoms with Gasteiger partial charge in [0.15, 0.2) is 0 Å². The monoisotopic (exact) mass is 369 g/mol. The van der Waals surface area contributed by atoms with Crippen molar-refractivity contribution in [2.75, 3.05) is 11.4 Å². The van der Waals surface area contributed by atoms with Crippen molar-refractivity contribution < 1.29 is 18.1 Å². The molecule has 0 saturated carbocycles. The second-order valence-electron chi connectivity index (χ2n) is 6.79. The fourth-order valence-electron chi connectivity index (χ4n) is 3.22. The number of aryl methyl sites for hydroxylation is 2. The number of carbonyl (C=O) groups excluding carboxylic acids is 1. The Bertz CT molecular complexity index is 1010. The number of hydrogen-bond donors (Lipinski definition) is 0. The Hall–Kier alpha value is -3.09. The van der Waals surface area contributed by atoms with Crippen molar-refractivity contribution in [2.45, 2.75) is 26.2 Å². The molecule has 1 atom stereocenters. The molecule has 1 saturated heterocycles. The highest BCUT2D eigenvalue weighted by Gasteiger charge is 2.35. The van der Waals surface area contributed by atoms with Crippen LogP contribution < -0.4 is 4.90 Å². The van der Waals surface area contributed by atoms with Gasteiger partial charge in [-0.3, -0.25) is 4.79 Å². The second-order valence-corrected chi connectivity index (χ2v) is 6.79. The summed E-state index contributed by atoms with van der Waals surface area (Å²) in [5, 5.41) is 4.02. The van der Waals surface area contributed by atoms with E-state index in [9.17, 15) is 13.6 Å². The van der Waals surface area contributed by atoms with Crippen LogP contribution in [0.15, 0.2) is 40.9 Å². The maximum Gasteiger partial charge on any atom is 0.232 e. The smallest absolute Gasteiger partial charge is 0.232 e. The lowest BCUT2D eigenvalue weighted by atomic mass is 10.1. The van der Waals surface area contributed by atoms with E-state index >= 15 is 0 Å². The van der Waals surface area contributed by atoms with Gasteiger partial charge in [-0.05, 0) is 43.2 Å². The zero-order valence-corrected chi connectivity index (χ0v) is 14.9. The predicted octanol–water partition coefficient (Wildman–Crippen LogP) is 4.15. The van der Waals surface area contributed by atoms with Crippen LogP contribution in [0.2, 0.25) is 0 Å². The van der Waals surface area contributed by atoms with Gasteiger partial charge >= 0.3 is 0 Å². The lowest BCUT2D eigenvalue weighted by Gasteiger charge is -2.16. The lowest BCUT2D eigenvalue weighted by Crippen LogP contribution is -2.24. The molecule has 0 N–H and O–H groups in total. The average Bonchev–Trinajstić information content (AvgIpc) is 3.23. The number of nitrogens with zero attached hydrogens (tertiary/aromatic N) is 3. The van der Waals surface area contributed by atoms with E-state index in [0.717, 1.165) is 29.3 Å². The topological polar surface area (TPSA) is 59.2 Å². The molecule has 5 nitrogen and oxygen atoms in total. The van der Waals surface area contributed by atoms with Crippen LogP contribution in [0.3, 0.4) is 0 Å². The van der Waals surface area contributed by atoms with Gasteiger partial charge in [-0.2, -0.15) is 4.98 Å². The number of halogens is 2. The molecular weight excluding hydrogens is 352 g/mol. The van der Waals surface area contributed by atoms with Crippen molar-refractivity contribution in [1.82, 2.24) is 10.1 Å². The summed E-state index contributed by atoms with van der Waals surface area (Å²) < 4.78 is 32.3. The fraction of sp³-hybridized carbons (Fsp3) is 0.250. The van der Waals surface area contributed by atoms with Crippen molar-refractivity contribution in [3.8, 4) is 11.4 Å². The Kier molecular flexibility index (Phi) is 4.22. The molecule has 0 bridgehead atoms. The van der Waals surface area contributed by atoms with Crippen molar-refractivity contribution in [1.29, 1.82) is 0 Å². The first-order valence-electron chi connectivity index (χ1n) is 8.58. The van der Waals surface area contributed by atoms with Gasteiger partial charge in [0.25, 0.3) is 0 Å². The zero-order chi connectivity index (χ0) is 19.1. The molecular formula is C20H17F2N3O2. The number of rotatable bonds is 3. The Balaban J connectivity index is 1.57. The highest BCUT2D eigenvalue weighted by atomic mass is 19.1. The van der Waals surface area contributed by atoms with Crippen LogP contribution in [0.1, 0.15) is 29.4 Å². The van der Waals surface area contributed by atoms with E-state index in [-0.39, 0.29) is 30.5 Å². The van der Waals surface area contributed by atoms with Crippen LogP contribution in [0.5, 0.6) is 0 Å². The minimum Gasteiger partial charge on any atom is -0.339 e. The molecule has 1 amide bonds. The Labute approximate surface area is 154 Å². The molecule has 27 heavy (non-hydrogen) atoms. The van der Waals surface area contributed by atoms with Crippen LogP contribution in [0, 0.1) is 25.5 Å². The summed E-state index contributed by atoms with van der Waals surface area (Å²) in [6, 6.07) is 8.93. The molecule has 0 spiro atoms. The van der Waals surface area contributed by atoms with Gasteiger partial charge in [0.2, 0.25) is 17.6 Å². The average molecular weight is 369 g/mol. The number of amides is 1. The van der Waals surface area contributed by atoms with E-state index in [1.54, 1.807) is 0 Å². The maximum absolute atomic E-state index is 13.5.